The third kappa shape index (κ3) is 4.51. The van der Waals surface area contributed by atoms with E-state index in [1.807, 2.05) is 6.20 Å². The summed E-state index contributed by atoms with van der Waals surface area (Å²) in [6.45, 7) is 2.33. The first-order chi connectivity index (χ1) is 15.2. The molecular weight excluding hydrogens is 389 g/mol. The van der Waals surface area contributed by atoms with Crippen LogP contribution in [-0.4, -0.2) is 15.2 Å². The maximum Gasteiger partial charge on any atom is 0.219 e. The highest BCUT2D eigenvalue weighted by molar-refractivity contribution is 5.82. The lowest BCUT2D eigenvalue weighted by molar-refractivity contribution is 0.233. The standard InChI is InChI=1S/C26H32FN3O/c1-17(15-25-29-30-26(31-25)20-5-3-2-4-6-20)18-7-9-19(10-8-18)22-13-14-28-24-12-11-21(27)16-23(22)24/h11-14,16-20H,2-10,15H2,1H3/t17-,18?,19?/m0/s1. The average Bonchev–Trinajstić information content (AvgIpc) is 3.28. The molecule has 164 valence electrons. The Kier molecular flexibility index (Phi) is 6.02. The van der Waals surface area contributed by atoms with Crippen molar-refractivity contribution in [3.63, 3.8) is 0 Å². The van der Waals surface area contributed by atoms with Gasteiger partial charge in [-0.3, -0.25) is 4.98 Å². The van der Waals surface area contributed by atoms with Gasteiger partial charge < -0.3 is 4.42 Å². The van der Waals surface area contributed by atoms with Crippen LogP contribution in [0.1, 0.15) is 93.9 Å². The summed E-state index contributed by atoms with van der Waals surface area (Å²) in [6.07, 6.45) is 13.7. The average molecular weight is 422 g/mol. The van der Waals surface area contributed by atoms with Gasteiger partial charge in [-0.2, -0.15) is 0 Å². The molecule has 0 unspecified atom stereocenters. The summed E-state index contributed by atoms with van der Waals surface area (Å²) in [6, 6.07) is 7.01. The Bertz CT molecular complexity index is 1020. The van der Waals surface area contributed by atoms with Crippen LogP contribution in [0.3, 0.4) is 0 Å². The second-order valence-electron chi connectivity index (χ2n) is 9.72. The molecule has 31 heavy (non-hydrogen) atoms. The van der Waals surface area contributed by atoms with Crippen LogP contribution < -0.4 is 0 Å². The van der Waals surface area contributed by atoms with Crippen molar-refractivity contribution in [1.82, 2.24) is 15.2 Å². The molecule has 0 N–H and O–H groups in total. The van der Waals surface area contributed by atoms with Crippen LogP contribution in [0.15, 0.2) is 34.9 Å². The highest BCUT2D eigenvalue weighted by atomic mass is 19.1. The van der Waals surface area contributed by atoms with Gasteiger partial charge in [-0.05, 0) is 86.1 Å². The molecule has 1 atom stereocenters. The molecule has 0 bridgehead atoms. The van der Waals surface area contributed by atoms with E-state index in [2.05, 4.69) is 28.2 Å². The van der Waals surface area contributed by atoms with E-state index in [4.69, 9.17) is 4.42 Å². The number of hydrogen-bond donors (Lipinski definition) is 0. The van der Waals surface area contributed by atoms with Gasteiger partial charge in [-0.15, -0.1) is 10.2 Å². The number of aromatic nitrogens is 3. The summed E-state index contributed by atoms with van der Waals surface area (Å²) in [5, 5.41) is 9.72. The molecule has 2 aliphatic rings. The molecular formula is C26H32FN3O. The Balaban J connectivity index is 1.20. The summed E-state index contributed by atoms with van der Waals surface area (Å²) < 4.78 is 19.9. The molecule has 2 fully saturated rings. The summed E-state index contributed by atoms with van der Waals surface area (Å²) >= 11 is 0. The van der Waals surface area contributed by atoms with Crippen LogP contribution in [-0.2, 0) is 6.42 Å². The van der Waals surface area contributed by atoms with E-state index < -0.39 is 0 Å². The second-order valence-corrected chi connectivity index (χ2v) is 9.72. The lowest BCUT2D eigenvalue weighted by Gasteiger charge is -2.32. The predicted octanol–water partition coefficient (Wildman–Crippen LogP) is 6.96. The van der Waals surface area contributed by atoms with E-state index >= 15 is 0 Å². The molecule has 2 saturated carbocycles. The van der Waals surface area contributed by atoms with E-state index in [1.165, 1.54) is 56.6 Å². The molecule has 3 aromatic rings. The van der Waals surface area contributed by atoms with Crippen molar-refractivity contribution in [3.05, 3.63) is 53.6 Å². The van der Waals surface area contributed by atoms with Crippen LogP contribution in [0.4, 0.5) is 4.39 Å². The Morgan fingerprint density at radius 2 is 1.77 bits per heavy atom. The maximum atomic E-state index is 13.8. The van der Waals surface area contributed by atoms with Gasteiger partial charge in [-0.1, -0.05) is 26.2 Å². The molecule has 2 heterocycles. The van der Waals surface area contributed by atoms with Gasteiger partial charge in [-0.25, -0.2) is 4.39 Å². The highest BCUT2D eigenvalue weighted by Gasteiger charge is 2.29. The number of benzene rings is 1. The quantitative estimate of drug-likeness (QED) is 0.447. The fourth-order valence-electron chi connectivity index (χ4n) is 5.80. The Morgan fingerprint density at radius 1 is 0.968 bits per heavy atom. The molecule has 1 aromatic carbocycles. The monoisotopic (exact) mass is 421 g/mol. The zero-order chi connectivity index (χ0) is 21.2. The van der Waals surface area contributed by atoms with Crippen molar-refractivity contribution in [2.24, 2.45) is 11.8 Å². The molecule has 2 aromatic heterocycles. The predicted molar refractivity (Wildman–Crippen MR) is 119 cm³/mol. The van der Waals surface area contributed by atoms with Crippen LogP contribution in [0, 0.1) is 17.7 Å². The first-order valence-electron chi connectivity index (χ1n) is 12.0. The number of nitrogens with zero attached hydrogens (tertiary/aromatic N) is 3. The Labute approximate surface area is 183 Å². The van der Waals surface area contributed by atoms with Gasteiger partial charge in [0.2, 0.25) is 11.8 Å². The van der Waals surface area contributed by atoms with Crippen molar-refractivity contribution in [1.29, 1.82) is 0 Å². The van der Waals surface area contributed by atoms with Crippen molar-refractivity contribution in [2.75, 3.05) is 0 Å². The van der Waals surface area contributed by atoms with Crippen molar-refractivity contribution in [3.8, 4) is 0 Å². The Hall–Kier alpha value is -2.30. The molecule has 5 rings (SSSR count). The molecule has 0 saturated heterocycles. The zero-order valence-electron chi connectivity index (χ0n) is 18.4. The lowest BCUT2D eigenvalue weighted by Crippen LogP contribution is -2.21. The molecule has 4 nitrogen and oxygen atoms in total. The fourth-order valence-corrected chi connectivity index (χ4v) is 5.80. The number of halogens is 1. The lowest BCUT2D eigenvalue weighted by atomic mass is 9.73. The number of pyridine rings is 1. The highest BCUT2D eigenvalue weighted by Crippen LogP contribution is 2.41. The third-order valence-corrected chi connectivity index (χ3v) is 7.69. The number of fused-ring (bicyclic) bond motifs is 1. The van der Waals surface area contributed by atoms with Gasteiger partial charge >= 0.3 is 0 Å². The van der Waals surface area contributed by atoms with E-state index in [0.717, 1.165) is 41.9 Å². The van der Waals surface area contributed by atoms with Crippen molar-refractivity contribution < 1.29 is 8.81 Å². The first-order valence-corrected chi connectivity index (χ1v) is 12.0. The minimum atomic E-state index is -0.184. The van der Waals surface area contributed by atoms with Crippen LogP contribution in [0.5, 0.6) is 0 Å². The number of hydrogen-bond acceptors (Lipinski definition) is 4. The molecule has 0 aliphatic heterocycles. The van der Waals surface area contributed by atoms with Crippen molar-refractivity contribution in [2.45, 2.75) is 83.0 Å². The number of rotatable bonds is 5. The topological polar surface area (TPSA) is 51.8 Å². The Morgan fingerprint density at radius 3 is 2.58 bits per heavy atom. The maximum absolute atomic E-state index is 13.8. The summed E-state index contributed by atoms with van der Waals surface area (Å²) in [7, 11) is 0. The summed E-state index contributed by atoms with van der Waals surface area (Å²) in [5.74, 6) is 3.65. The summed E-state index contributed by atoms with van der Waals surface area (Å²) in [4.78, 5) is 4.41. The molecule has 0 spiro atoms. The first kappa shape index (κ1) is 20.6. The normalized spacial score (nSPS) is 23.8. The minimum absolute atomic E-state index is 0.184. The van der Waals surface area contributed by atoms with Gasteiger partial charge in [0, 0.05) is 23.9 Å². The van der Waals surface area contributed by atoms with Gasteiger partial charge in [0.25, 0.3) is 0 Å². The second kappa shape index (κ2) is 9.05. The fraction of sp³-hybridized carbons (Fsp3) is 0.577. The molecule has 5 heteroatoms. The van der Waals surface area contributed by atoms with Crippen LogP contribution in [0.25, 0.3) is 10.9 Å². The van der Waals surface area contributed by atoms with E-state index in [-0.39, 0.29) is 5.82 Å². The zero-order valence-corrected chi connectivity index (χ0v) is 18.4. The van der Waals surface area contributed by atoms with E-state index in [0.29, 0.717) is 23.7 Å². The largest absolute Gasteiger partial charge is 0.425 e. The van der Waals surface area contributed by atoms with Crippen molar-refractivity contribution >= 4 is 10.9 Å². The van der Waals surface area contributed by atoms with Gasteiger partial charge in [0.1, 0.15) is 5.82 Å². The van der Waals surface area contributed by atoms with Crippen LogP contribution >= 0.6 is 0 Å². The third-order valence-electron chi connectivity index (χ3n) is 7.69. The van der Waals surface area contributed by atoms with E-state index in [1.54, 1.807) is 12.1 Å². The van der Waals surface area contributed by atoms with Gasteiger partial charge in [0.05, 0.1) is 5.52 Å². The van der Waals surface area contributed by atoms with E-state index in [9.17, 15) is 4.39 Å². The summed E-state index contributed by atoms with van der Waals surface area (Å²) in [5.41, 5.74) is 2.14. The van der Waals surface area contributed by atoms with Crippen LogP contribution in [0.2, 0.25) is 0 Å². The van der Waals surface area contributed by atoms with Gasteiger partial charge in [0.15, 0.2) is 0 Å². The minimum Gasteiger partial charge on any atom is -0.425 e. The molecule has 0 radical (unpaired) electrons. The SMILES string of the molecule is C[C@@H](Cc1nnc(C2CCCCC2)o1)C1CCC(c2ccnc3ccc(F)cc23)CC1. The molecule has 2 aliphatic carbocycles. The smallest absolute Gasteiger partial charge is 0.219 e. The molecule has 0 amide bonds.